The van der Waals surface area contributed by atoms with E-state index in [0.717, 1.165) is 0 Å². The molecule has 4 atom stereocenters. The second-order valence-corrected chi connectivity index (χ2v) is 4.55. The number of anilines is 1. The molecule has 0 radical (unpaired) electrons. The molecule has 1 aliphatic rings. The Hall–Kier alpha value is -1.88. The Labute approximate surface area is 109 Å². The van der Waals surface area contributed by atoms with E-state index in [1.807, 2.05) is 0 Å². The zero-order valence-corrected chi connectivity index (χ0v) is 10.4. The number of terminal acetylenes is 1. The average molecular weight is 265 g/mol. The molecule has 0 aromatic carbocycles. The largest absolute Gasteiger partial charge is 0.392 e. The minimum atomic E-state index is -1.51. The number of aliphatic hydroxyl groups excluding tert-OH is 2. The number of aromatic nitrogens is 2. The first-order chi connectivity index (χ1) is 8.95. The van der Waals surface area contributed by atoms with Gasteiger partial charge >= 0.3 is 5.69 Å². The second kappa shape index (κ2) is 4.66. The van der Waals surface area contributed by atoms with E-state index in [2.05, 4.69) is 10.9 Å². The molecule has 1 aliphatic heterocycles. The number of ether oxygens (including phenoxy) is 1. The minimum absolute atomic E-state index is 0.0952. The molecule has 2 heterocycles. The van der Waals surface area contributed by atoms with E-state index < -0.39 is 36.1 Å². The van der Waals surface area contributed by atoms with Gasteiger partial charge < -0.3 is 20.7 Å². The highest BCUT2D eigenvalue weighted by atomic mass is 16.6. The number of nitrogens with two attached hydrogens (primary N) is 1. The highest BCUT2D eigenvalue weighted by molar-refractivity contribution is 5.24. The SMILES string of the molecule is C#CC1(CO)OC(n2ccc(N)nc2=O)C(C)C1O. The molecule has 0 saturated carbocycles. The summed E-state index contributed by atoms with van der Waals surface area (Å²) in [4.78, 5) is 15.3. The molecule has 1 aromatic rings. The summed E-state index contributed by atoms with van der Waals surface area (Å²) in [5.74, 6) is 1.87. The van der Waals surface area contributed by atoms with Crippen LogP contribution in [0, 0.1) is 18.3 Å². The molecule has 1 saturated heterocycles. The maximum absolute atomic E-state index is 11.8. The highest BCUT2D eigenvalue weighted by Crippen LogP contribution is 2.40. The maximum Gasteiger partial charge on any atom is 0.351 e. The summed E-state index contributed by atoms with van der Waals surface area (Å²) in [5, 5.41) is 19.4. The Morgan fingerprint density at radius 1 is 1.74 bits per heavy atom. The van der Waals surface area contributed by atoms with Crippen LogP contribution in [0.15, 0.2) is 17.1 Å². The first-order valence-electron chi connectivity index (χ1n) is 5.74. The monoisotopic (exact) mass is 265 g/mol. The van der Waals surface area contributed by atoms with Crippen molar-refractivity contribution in [2.24, 2.45) is 5.92 Å². The van der Waals surface area contributed by atoms with Gasteiger partial charge in [-0.3, -0.25) is 4.57 Å². The third-order valence-corrected chi connectivity index (χ3v) is 3.36. The second-order valence-electron chi connectivity index (χ2n) is 4.55. The molecule has 1 fully saturated rings. The Kier molecular flexibility index (Phi) is 3.32. The van der Waals surface area contributed by atoms with E-state index in [4.69, 9.17) is 16.9 Å². The molecule has 0 bridgehead atoms. The van der Waals surface area contributed by atoms with Gasteiger partial charge in [0.1, 0.15) is 18.1 Å². The van der Waals surface area contributed by atoms with Crippen molar-refractivity contribution in [1.82, 2.24) is 9.55 Å². The fourth-order valence-corrected chi connectivity index (χ4v) is 2.20. The van der Waals surface area contributed by atoms with Gasteiger partial charge in [0.05, 0.1) is 6.61 Å². The van der Waals surface area contributed by atoms with E-state index in [9.17, 15) is 15.0 Å². The number of nitrogen functional groups attached to an aromatic ring is 1. The van der Waals surface area contributed by atoms with Crippen molar-refractivity contribution in [1.29, 1.82) is 0 Å². The molecule has 1 aromatic heterocycles. The molecule has 0 amide bonds. The number of aliphatic hydroxyl groups is 2. The van der Waals surface area contributed by atoms with Gasteiger partial charge in [0.2, 0.25) is 0 Å². The molecule has 102 valence electrons. The Morgan fingerprint density at radius 3 is 2.89 bits per heavy atom. The fraction of sp³-hybridized carbons (Fsp3) is 0.500. The molecule has 4 N–H and O–H groups in total. The fourth-order valence-electron chi connectivity index (χ4n) is 2.20. The van der Waals surface area contributed by atoms with Gasteiger partial charge in [-0.2, -0.15) is 4.98 Å². The van der Waals surface area contributed by atoms with Gasteiger partial charge in [-0.1, -0.05) is 12.8 Å². The first kappa shape index (κ1) is 13.5. The lowest BCUT2D eigenvalue weighted by Gasteiger charge is -2.23. The Bertz CT molecular complexity index is 579. The molecule has 2 rings (SSSR count). The smallest absolute Gasteiger partial charge is 0.351 e. The zero-order valence-electron chi connectivity index (χ0n) is 10.4. The van der Waals surface area contributed by atoms with Gasteiger partial charge in [-0.15, -0.1) is 6.42 Å². The van der Waals surface area contributed by atoms with Crippen LogP contribution in [0.5, 0.6) is 0 Å². The summed E-state index contributed by atoms with van der Waals surface area (Å²) in [7, 11) is 0. The minimum Gasteiger partial charge on any atom is -0.392 e. The zero-order chi connectivity index (χ0) is 14.2. The van der Waals surface area contributed by atoms with Crippen molar-refractivity contribution < 1.29 is 14.9 Å². The lowest BCUT2D eigenvalue weighted by molar-refractivity contribution is -0.0918. The first-order valence-corrected chi connectivity index (χ1v) is 5.74. The normalized spacial score (nSPS) is 34.1. The highest BCUT2D eigenvalue weighted by Gasteiger charge is 2.52. The molecule has 7 heteroatoms. The van der Waals surface area contributed by atoms with Crippen LogP contribution in [-0.2, 0) is 4.74 Å². The Morgan fingerprint density at radius 2 is 2.42 bits per heavy atom. The van der Waals surface area contributed by atoms with Gasteiger partial charge in [-0.25, -0.2) is 4.79 Å². The summed E-state index contributed by atoms with van der Waals surface area (Å²) in [6, 6.07) is 1.44. The summed E-state index contributed by atoms with van der Waals surface area (Å²) >= 11 is 0. The van der Waals surface area contributed by atoms with Crippen LogP contribution in [0.25, 0.3) is 0 Å². The molecule has 19 heavy (non-hydrogen) atoms. The van der Waals surface area contributed by atoms with Crippen molar-refractivity contribution >= 4 is 5.82 Å². The predicted octanol–water partition coefficient (Wildman–Crippen LogP) is -1.28. The number of nitrogens with zero attached hydrogens (tertiary/aromatic N) is 2. The van der Waals surface area contributed by atoms with Crippen molar-refractivity contribution in [2.75, 3.05) is 12.3 Å². The van der Waals surface area contributed by atoms with Crippen molar-refractivity contribution in [3.63, 3.8) is 0 Å². The van der Waals surface area contributed by atoms with Gasteiger partial charge in [-0.05, 0) is 6.07 Å². The summed E-state index contributed by atoms with van der Waals surface area (Å²) in [5.41, 5.74) is 3.30. The van der Waals surface area contributed by atoms with Crippen LogP contribution < -0.4 is 11.4 Å². The van der Waals surface area contributed by atoms with E-state index >= 15 is 0 Å². The Balaban J connectivity index is 2.43. The van der Waals surface area contributed by atoms with Crippen LogP contribution >= 0.6 is 0 Å². The molecular weight excluding hydrogens is 250 g/mol. The van der Waals surface area contributed by atoms with E-state index in [1.165, 1.54) is 16.8 Å². The quantitative estimate of drug-likeness (QED) is 0.574. The topological polar surface area (TPSA) is 111 Å². The number of rotatable bonds is 2. The predicted molar refractivity (Wildman–Crippen MR) is 66.9 cm³/mol. The third kappa shape index (κ3) is 2.00. The van der Waals surface area contributed by atoms with Gasteiger partial charge in [0.25, 0.3) is 0 Å². The van der Waals surface area contributed by atoms with E-state index in [1.54, 1.807) is 6.92 Å². The maximum atomic E-state index is 11.8. The van der Waals surface area contributed by atoms with Crippen LogP contribution in [0.2, 0.25) is 0 Å². The molecular formula is C12H15N3O4. The van der Waals surface area contributed by atoms with E-state index in [0.29, 0.717) is 0 Å². The third-order valence-electron chi connectivity index (χ3n) is 3.36. The van der Waals surface area contributed by atoms with Crippen LogP contribution in [-0.4, -0.2) is 38.1 Å². The van der Waals surface area contributed by atoms with Crippen molar-refractivity contribution in [2.45, 2.75) is 24.9 Å². The summed E-state index contributed by atoms with van der Waals surface area (Å²) in [6.07, 6.45) is 4.84. The van der Waals surface area contributed by atoms with E-state index in [-0.39, 0.29) is 5.82 Å². The lowest BCUT2D eigenvalue weighted by atomic mass is 9.92. The lowest BCUT2D eigenvalue weighted by Crippen LogP contribution is -2.43. The standard InChI is InChI=1S/C12H15N3O4/c1-3-12(6-16)9(17)7(2)10(19-12)15-5-4-8(13)14-11(15)18/h1,4-5,7,9-10,16-17H,6H2,2H3,(H2,13,14,18). The molecule has 4 unspecified atom stereocenters. The summed E-state index contributed by atoms with van der Waals surface area (Å²) in [6.45, 7) is 1.13. The molecule has 0 spiro atoms. The molecule has 0 aliphatic carbocycles. The average Bonchev–Trinajstić information content (AvgIpc) is 2.64. The summed E-state index contributed by atoms with van der Waals surface area (Å²) < 4.78 is 6.72. The number of hydrogen-bond acceptors (Lipinski definition) is 6. The van der Waals surface area contributed by atoms with Gasteiger partial charge in [0.15, 0.2) is 5.60 Å². The van der Waals surface area contributed by atoms with Crippen LogP contribution in [0.1, 0.15) is 13.2 Å². The van der Waals surface area contributed by atoms with Gasteiger partial charge in [0, 0.05) is 12.1 Å². The van der Waals surface area contributed by atoms with Crippen LogP contribution in [0.4, 0.5) is 5.82 Å². The van der Waals surface area contributed by atoms with Crippen LogP contribution in [0.3, 0.4) is 0 Å². The number of hydrogen-bond donors (Lipinski definition) is 3. The van der Waals surface area contributed by atoms with Crippen molar-refractivity contribution in [3.8, 4) is 12.3 Å². The van der Waals surface area contributed by atoms with Crippen molar-refractivity contribution in [3.05, 3.63) is 22.7 Å². The molecule has 7 nitrogen and oxygen atoms in total.